The van der Waals surface area contributed by atoms with E-state index in [1.165, 1.54) is 23.5 Å². The molecule has 6 heteroatoms. The van der Waals surface area contributed by atoms with Crippen LogP contribution in [-0.2, 0) is 11.8 Å². The monoisotopic (exact) mass is 280 g/mol. The molecule has 0 unspecified atom stereocenters. The first-order valence-corrected chi connectivity index (χ1v) is 5.91. The van der Waals surface area contributed by atoms with Crippen LogP contribution in [0.5, 0.6) is 0 Å². The van der Waals surface area contributed by atoms with E-state index in [1.807, 2.05) is 0 Å². The van der Waals surface area contributed by atoms with Gasteiger partial charge in [-0.2, -0.15) is 0 Å². The van der Waals surface area contributed by atoms with Crippen LogP contribution in [0.1, 0.15) is 5.56 Å². The number of hydrogen-bond donors (Lipinski definition) is 1. The zero-order chi connectivity index (χ0) is 16.0. The lowest BCUT2D eigenvalue weighted by Gasteiger charge is -1.92. The molecule has 1 aromatic carbocycles. The molecule has 1 aromatic heterocycles. The molecule has 2 aromatic rings. The van der Waals surface area contributed by atoms with Crippen molar-refractivity contribution < 1.29 is 9.84 Å². The van der Waals surface area contributed by atoms with E-state index in [0.717, 1.165) is 7.11 Å². The average molecular weight is 280 g/mol. The van der Waals surface area contributed by atoms with Crippen molar-refractivity contribution in [3.63, 3.8) is 0 Å². The van der Waals surface area contributed by atoms with Crippen LogP contribution in [0.25, 0.3) is 21.3 Å². The second-order valence-corrected chi connectivity index (χ2v) is 3.64. The molecule has 0 aliphatic heterocycles. The molecule has 1 N–H and O–H groups in total. The first-order valence-electron chi connectivity index (χ1n) is 5.91. The Morgan fingerprint density at radius 2 is 1.70 bits per heavy atom. The van der Waals surface area contributed by atoms with Crippen LogP contribution < -0.4 is 0 Å². The van der Waals surface area contributed by atoms with Crippen molar-refractivity contribution in [3.05, 3.63) is 46.5 Å². The third kappa shape index (κ3) is 7.43. The number of nitrogens with zero attached hydrogens (tertiary/aromatic N) is 4. The minimum Gasteiger partial charge on any atom is -0.400 e. The topological polar surface area (TPSA) is 83.2 Å². The lowest BCUT2D eigenvalue weighted by molar-refractivity contribution is 0.277. The minimum absolute atomic E-state index is 1.00. The van der Waals surface area contributed by atoms with Gasteiger partial charge < -0.3 is 14.4 Å². The standard InChI is InChI=1S/C10H11N.C2H6O.CH3N3.CH4O/c1-8-7-11(2)10-6-4-3-5-9(8)10;1-3-2;1-3-4-2;1-2/h3-7H,1-2H3;1-2H3;1H3;2H,1H3. The Hall–Kier alpha value is -2.01. The van der Waals surface area contributed by atoms with Gasteiger partial charge in [-0.05, 0) is 24.1 Å². The fourth-order valence-electron chi connectivity index (χ4n) is 1.54. The highest BCUT2D eigenvalue weighted by Gasteiger charge is 1.98. The van der Waals surface area contributed by atoms with Gasteiger partial charge in [0.15, 0.2) is 0 Å². The van der Waals surface area contributed by atoms with Gasteiger partial charge in [-0.25, -0.2) is 0 Å². The third-order valence-corrected chi connectivity index (χ3v) is 2.19. The number of aromatic nitrogens is 1. The number of ether oxygens (including phenoxy) is 1. The van der Waals surface area contributed by atoms with Crippen molar-refractivity contribution in [2.75, 3.05) is 28.4 Å². The Morgan fingerprint density at radius 3 is 2.10 bits per heavy atom. The zero-order valence-electron chi connectivity index (χ0n) is 13.0. The fourth-order valence-corrected chi connectivity index (χ4v) is 1.54. The van der Waals surface area contributed by atoms with Crippen molar-refractivity contribution in [1.82, 2.24) is 4.57 Å². The Bertz CT molecular complexity index is 481. The van der Waals surface area contributed by atoms with Crippen molar-refractivity contribution in [3.8, 4) is 0 Å². The summed E-state index contributed by atoms with van der Waals surface area (Å²) in [7, 11) is 7.72. The van der Waals surface area contributed by atoms with E-state index in [0.29, 0.717) is 0 Å². The molecule has 0 atom stereocenters. The van der Waals surface area contributed by atoms with Crippen molar-refractivity contribution in [2.24, 2.45) is 12.2 Å². The van der Waals surface area contributed by atoms with Crippen LogP contribution in [0, 0.1) is 6.92 Å². The van der Waals surface area contributed by atoms with Gasteiger partial charge in [0.05, 0.1) is 0 Å². The maximum absolute atomic E-state index is 7.33. The van der Waals surface area contributed by atoms with Gasteiger partial charge in [0.1, 0.15) is 0 Å². The molecule has 0 aliphatic carbocycles. The van der Waals surface area contributed by atoms with E-state index >= 15 is 0 Å². The normalized spacial score (nSPS) is 7.95. The lowest BCUT2D eigenvalue weighted by atomic mass is 10.2. The third-order valence-electron chi connectivity index (χ3n) is 2.19. The van der Waals surface area contributed by atoms with Crippen LogP contribution in [0.15, 0.2) is 35.6 Å². The number of aryl methyl sites for hydroxylation is 2. The van der Waals surface area contributed by atoms with Gasteiger partial charge in [-0.1, -0.05) is 23.3 Å². The summed E-state index contributed by atoms with van der Waals surface area (Å²) in [5.74, 6) is 0. The highest BCUT2D eigenvalue weighted by Crippen LogP contribution is 2.18. The number of para-hydroxylation sites is 1. The summed E-state index contributed by atoms with van der Waals surface area (Å²) in [6.07, 6.45) is 2.16. The molecule has 0 fully saturated rings. The van der Waals surface area contributed by atoms with E-state index in [-0.39, 0.29) is 0 Å². The fraction of sp³-hybridized carbons (Fsp3) is 0.429. The smallest absolute Gasteiger partial charge is 0.0480 e. The van der Waals surface area contributed by atoms with E-state index in [2.05, 4.69) is 63.8 Å². The number of aliphatic hydroxyl groups is 1. The van der Waals surface area contributed by atoms with Crippen LogP contribution in [-0.4, -0.2) is 38.1 Å². The summed E-state index contributed by atoms with van der Waals surface area (Å²) in [5, 5.41) is 11.3. The summed E-state index contributed by atoms with van der Waals surface area (Å²) in [6.45, 7) is 2.14. The molecular weight excluding hydrogens is 256 g/mol. The van der Waals surface area contributed by atoms with Gasteiger partial charge >= 0.3 is 0 Å². The summed E-state index contributed by atoms with van der Waals surface area (Å²) in [6, 6.07) is 8.45. The number of methoxy groups -OCH3 is 1. The molecule has 1 heterocycles. The van der Waals surface area contributed by atoms with Crippen molar-refractivity contribution in [1.29, 1.82) is 0 Å². The highest BCUT2D eigenvalue weighted by atomic mass is 16.4. The summed E-state index contributed by atoms with van der Waals surface area (Å²) in [5.41, 5.74) is 9.99. The maximum Gasteiger partial charge on any atom is 0.0480 e. The van der Waals surface area contributed by atoms with Gasteiger partial charge in [-0.15, -0.1) is 0 Å². The highest BCUT2D eigenvalue weighted by molar-refractivity contribution is 5.83. The first-order chi connectivity index (χ1) is 9.62. The van der Waals surface area contributed by atoms with E-state index in [4.69, 9.17) is 10.6 Å². The molecule has 0 aliphatic rings. The quantitative estimate of drug-likeness (QED) is 0.456. The van der Waals surface area contributed by atoms with E-state index in [9.17, 15) is 0 Å². The average Bonchev–Trinajstić information content (AvgIpc) is 2.78. The summed E-state index contributed by atoms with van der Waals surface area (Å²) < 4.78 is 6.41. The predicted molar refractivity (Wildman–Crippen MR) is 83.8 cm³/mol. The largest absolute Gasteiger partial charge is 0.400 e. The molecular formula is C14H24N4O2. The second kappa shape index (κ2) is 13.4. The molecule has 0 amide bonds. The van der Waals surface area contributed by atoms with Crippen molar-refractivity contribution in [2.45, 2.75) is 6.92 Å². The number of azide groups is 1. The molecule has 6 nitrogen and oxygen atoms in total. The van der Waals surface area contributed by atoms with Crippen LogP contribution in [0.4, 0.5) is 0 Å². The zero-order valence-corrected chi connectivity index (χ0v) is 13.0. The van der Waals surface area contributed by atoms with Gasteiger partial charge in [0.2, 0.25) is 0 Å². The Labute approximate surface area is 120 Å². The number of aliphatic hydroxyl groups excluding tert-OH is 1. The molecule has 0 saturated heterocycles. The molecule has 0 spiro atoms. The second-order valence-electron chi connectivity index (χ2n) is 3.64. The SMILES string of the molecule is CN=[N+]=[N-].CO.COC.Cc1cn(C)c2ccccc12. The molecule has 0 bridgehead atoms. The van der Waals surface area contributed by atoms with Crippen molar-refractivity contribution >= 4 is 10.9 Å². The lowest BCUT2D eigenvalue weighted by Crippen LogP contribution is -1.81. The predicted octanol–water partition coefficient (Wildman–Crippen LogP) is 3.28. The first kappa shape index (κ1) is 20.3. The Morgan fingerprint density at radius 1 is 1.25 bits per heavy atom. The molecule has 112 valence electrons. The molecule has 0 saturated carbocycles. The van der Waals surface area contributed by atoms with Gasteiger partial charge in [0.25, 0.3) is 0 Å². The summed E-state index contributed by atoms with van der Waals surface area (Å²) >= 11 is 0. The van der Waals surface area contributed by atoms with E-state index in [1.54, 1.807) is 14.2 Å². The minimum atomic E-state index is 1.00. The summed E-state index contributed by atoms with van der Waals surface area (Å²) in [4.78, 5) is 2.36. The maximum atomic E-state index is 7.33. The number of fused-ring (bicyclic) bond motifs is 1. The number of benzene rings is 1. The van der Waals surface area contributed by atoms with Gasteiger partial charge in [0, 0.05) is 57.4 Å². The van der Waals surface area contributed by atoms with E-state index < -0.39 is 0 Å². The van der Waals surface area contributed by atoms with Crippen LogP contribution in [0.3, 0.4) is 0 Å². The molecule has 20 heavy (non-hydrogen) atoms. The van der Waals surface area contributed by atoms with Crippen LogP contribution in [0.2, 0.25) is 0 Å². The number of rotatable bonds is 0. The van der Waals surface area contributed by atoms with Gasteiger partial charge in [-0.3, -0.25) is 0 Å². The number of hydrogen-bond acceptors (Lipinski definition) is 3. The molecule has 0 radical (unpaired) electrons. The Balaban J connectivity index is 0. The van der Waals surface area contributed by atoms with Crippen LogP contribution >= 0.6 is 0 Å². The Kier molecular flexibility index (Phi) is 13.6. The molecule has 2 rings (SSSR count).